The van der Waals surface area contributed by atoms with Gasteiger partial charge >= 0.3 is 0 Å². The summed E-state index contributed by atoms with van der Waals surface area (Å²) in [7, 11) is 3.70. The van der Waals surface area contributed by atoms with Crippen molar-refractivity contribution < 1.29 is 4.79 Å². The summed E-state index contributed by atoms with van der Waals surface area (Å²) in [5.41, 5.74) is 1.79. The Kier molecular flexibility index (Phi) is 3.76. The SMILES string of the molecule is CNC1C(=O)Nc2cc(Sc3nnc(C)n3C)c(Br)cc21. The molecule has 1 aliphatic heterocycles. The van der Waals surface area contributed by atoms with E-state index in [0.29, 0.717) is 0 Å². The predicted molar refractivity (Wildman–Crippen MR) is 84.4 cm³/mol. The lowest BCUT2D eigenvalue weighted by Gasteiger charge is -2.09. The topological polar surface area (TPSA) is 71.8 Å². The molecule has 2 aromatic rings. The van der Waals surface area contributed by atoms with E-state index in [9.17, 15) is 4.79 Å². The second-order valence-corrected chi connectivity index (χ2v) is 6.64. The van der Waals surface area contributed by atoms with Gasteiger partial charge in [-0.3, -0.25) is 4.79 Å². The van der Waals surface area contributed by atoms with Crippen molar-refractivity contribution >= 4 is 39.3 Å². The minimum atomic E-state index is -0.299. The standard InChI is InChI=1S/C13H14BrN5OS/c1-6-17-18-13(19(6)3)21-10-5-9-7(4-8(10)14)11(15-2)12(20)16-9/h4-5,11,15H,1-3H3,(H,16,20). The molecule has 2 N–H and O–H groups in total. The van der Waals surface area contributed by atoms with E-state index in [1.807, 2.05) is 30.7 Å². The number of benzene rings is 1. The lowest BCUT2D eigenvalue weighted by molar-refractivity contribution is -0.117. The van der Waals surface area contributed by atoms with Crippen LogP contribution >= 0.6 is 27.7 Å². The highest BCUT2D eigenvalue weighted by molar-refractivity contribution is 9.10. The molecule has 8 heteroatoms. The zero-order valence-electron chi connectivity index (χ0n) is 11.8. The molecule has 110 valence electrons. The first-order valence-corrected chi connectivity index (χ1v) is 7.97. The average molecular weight is 368 g/mol. The van der Waals surface area contributed by atoms with Gasteiger partial charge in [-0.2, -0.15) is 0 Å². The number of rotatable bonds is 3. The molecule has 1 unspecified atom stereocenters. The molecule has 3 rings (SSSR count). The Morgan fingerprint density at radius 1 is 1.43 bits per heavy atom. The Balaban J connectivity index is 1.97. The second-order valence-electron chi connectivity index (χ2n) is 4.77. The number of anilines is 1. The number of nitrogens with one attached hydrogen (secondary N) is 2. The molecule has 1 aromatic carbocycles. The molecule has 0 radical (unpaired) electrons. The molecule has 0 spiro atoms. The number of hydrogen-bond donors (Lipinski definition) is 2. The van der Waals surface area contributed by atoms with Gasteiger partial charge in [0.05, 0.1) is 0 Å². The van der Waals surface area contributed by atoms with Crippen molar-refractivity contribution in [2.75, 3.05) is 12.4 Å². The third-order valence-corrected chi connectivity index (χ3v) is 5.49. The normalized spacial score (nSPS) is 17.0. The van der Waals surface area contributed by atoms with Crippen molar-refractivity contribution in [2.45, 2.75) is 23.0 Å². The molecule has 21 heavy (non-hydrogen) atoms. The zero-order chi connectivity index (χ0) is 15.1. The zero-order valence-corrected chi connectivity index (χ0v) is 14.2. The molecular weight excluding hydrogens is 354 g/mol. The van der Waals surface area contributed by atoms with E-state index in [1.165, 1.54) is 11.8 Å². The molecule has 0 aliphatic carbocycles. The van der Waals surface area contributed by atoms with Gasteiger partial charge in [0, 0.05) is 27.7 Å². The number of nitrogens with zero attached hydrogens (tertiary/aromatic N) is 3. The van der Waals surface area contributed by atoms with Gasteiger partial charge in [-0.15, -0.1) is 10.2 Å². The first-order valence-electron chi connectivity index (χ1n) is 6.36. The lowest BCUT2D eigenvalue weighted by atomic mass is 10.1. The quantitative estimate of drug-likeness (QED) is 0.870. The Bertz CT molecular complexity index is 730. The van der Waals surface area contributed by atoms with Gasteiger partial charge in [0.15, 0.2) is 5.16 Å². The van der Waals surface area contributed by atoms with Crippen molar-refractivity contribution in [3.8, 4) is 0 Å². The van der Waals surface area contributed by atoms with Crippen molar-refractivity contribution in [1.29, 1.82) is 0 Å². The number of carbonyl (C=O) groups is 1. The van der Waals surface area contributed by atoms with Crippen molar-refractivity contribution in [3.63, 3.8) is 0 Å². The van der Waals surface area contributed by atoms with E-state index >= 15 is 0 Å². The number of halogens is 1. The predicted octanol–water partition coefficient (Wildman–Crippen LogP) is 2.25. The first-order chi connectivity index (χ1) is 10.0. The largest absolute Gasteiger partial charge is 0.324 e. The van der Waals surface area contributed by atoms with Crippen molar-refractivity contribution in [3.05, 3.63) is 28.0 Å². The molecule has 1 aromatic heterocycles. The van der Waals surface area contributed by atoms with Gasteiger partial charge in [0.25, 0.3) is 0 Å². The molecule has 1 aliphatic rings. The Morgan fingerprint density at radius 3 is 2.81 bits per heavy atom. The molecule has 0 saturated heterocycles. The molecular formula is C13H14BrN5OS. The van der Waals surface area contributed by atoms with Crippen LogP contribution in [0.2, 0.25) is 0 Å². The summed E-state index contributed by atoms with van der Waals surface area (Å²) < 4.78 is 2.86. The van der Waals surface area contributed by atoms with Crippen LogP contribution in [0.25, 0.3) is 0 Å². The molecule has 2 heterocycles. The molecule has 1 atom stereocenters. The monoisotopic (exact) mass is 367 g/mol. The fourth-order valence-corrected chi connectivity index (χ4v) is 3.69. The van der Waals surface area contributed by atoms with Crippen LogP contribution in [0.5, 0.6) is 0 Å². The van der Waals surface area contributed by atoms with Gasteiger partial charge in [0.2, 0.25) is 5.91 Å². The van der Waals surface area contributed by atoms with E-state index < -0.39 is 0 Å². The number of carbonyl (C=O) groups excluding carboxylic acids is 1. The van der Waals surface area contributed by atoms with Crippen LogP contribution in [0.15, 0.2) is 26.7 Å². The molecule has 0 fully saturated rings. The number of likely N-dealkylation sites (N-methyl/N-ethyl adjacent to an activating group) is 1. The highest BCUT2D eigenvalue weighted by Gasteiger charge is 2.30. The number of amides is 1. The molecule has 1 amide bonds. The van der Waals surface area contributed by atoms with Crippen molar-refractivity contribution in [1.82, 2.24) is 20.1 Å². The molecule has 0 bridgehead atoms. The maximum atomic E-state index is 11.9. The Hall–Kier alpha value is -1.38. The Labute approximate surface area is 134 Å². The summed E-state index contributed by atoms with van der Waals surface area (Å²) in [6.45, 7) is 1.91. The van der Waals surface area contributed by atoms with E-state index in [0.717, 1.165) is 31.6 Å². The number of hydrogen-bond acceptors (Lipinski definition) is 5. The van der Waals surface area contributed by atoms with Crippen LogP contribution in [0.1, 0.15) is 17.4 Å². The maximum absolute atomic E-state index is 11.9. The maximum Gasteiger partial charge on any atom is 0.246 e. The third kappa shape index (κ3) is 2.47. The van der Waals surface area contributed by atoms with Crippen molar-refractivity contribution in [2.24, 2.45) is 7.05 Å². The van der Waals surface area contributed by atoms with Crippen LogP contribution in [0, 0.1) is 6.92 Å². The Morgan fingerprint density at radius 2 is 2.19 bits per heavy atom. The average Bonchev–Trinajstić information content (AvgIpc) is 2.92. The smallest absolute Gasteiger partial charge is 0.246 e. The molecule has 6 nitrogen and oxygen atoms in total. The van der Waals surface area contributed by atoms with Crippen LogP contribution in [-0.2, 0) is 11.8 Å². The summed E-state index contributed by atoms with van der Waals surface area (Å²) in [6, 6.07) is 3.64. The first kappa shape index (κ1) is 14.6. The van der Waals surface area contributed by atoms with Crippen LogP contribution in [0.3, 0.4) is 0 Å². The van der Waals surface area contributed by atoms with Crippen LogP contribution in [0.4, 0.5) is 5.69 Å². The van der Waals surface area contributed by atoms with E-state index in [-0.39, 0.29) is 11.9 Å². The van der Waals surface area contributed by atoms with Crippen LogP contribution < -0.4 is 10.6 Å². The minimum absolute atomic E-state index is 0.0314. The summed E-state index contributed by atoms with van der Waals surface area (Å²) in [5.74, 6) is 0.828. The van der Waals surface area contributed by atoms with Crippen LogP contribution in [-0.4, -0.2) is 27.7 Å². The van der Waals surface area contributed by atoms with Gasteiger partial charge in [-0.1, -0.05) is 0 Å². The number of aromatic nitrogens is 3. The number of aryl methyl sites for hydroxylation is 1. The highest BCUT2D eigenvalue weighted by atomic mass is 79.9. The molecule has 0 saturated carbocycles. The number of fused-ring (bicyclic) bond motifs is 1. The summed E-state index contributed by atoms with van der Waals surface area (Å²) in [5, 5.41) is 14.9. The fourth-order valence-electron chi connectivity index (χ4n) is 2.20. The summed E-state index contributed by atoms with van der Waals surface area (Å²) in [6.07, 6.45) is 0. The second kappa shape index (κ2) is 5.43. The minimum Gasteiger partial charge on any atom is -0.324 e. The van der Waals surface area contributed by atoms with E-state index in [4.69, 9.17) is 0 Å². The van der Waals surface area contributed by atoms with Gasteiger partial charge < -0.3 is 15.2 Å². The van der Waals surface area contributed by atoms with Gasteiger partial charge in [-0.05, 0) is 53.8 Å². The summed E-state index contributed by atoms with van der Waals surface area (Å²) in [4.78, 5) is 12.9. The summed E-state index contributed by atoms with van der Waals surface area (Å²) >= 11 is 5.08. The van der Waals surface area contributed by atoms with Gasteiger partial charge in [0.1, 0.15) is 11.9 Å². The highest BCUT2D eigenvalue weighted by Crippen LogP contribution is 2.40. The lowest BCUT2D eigenvalue weighted by Crippen LogP contribution is -2.23. The van der Waals surface area contributed by atoms with E-state index in [1.54, 1.807) is 7.05 Å². The van der Waals surface area contributed by atoms with Gasteiger partial charge in [-0.25, -0.2) is 0 Å². The third-order valence-electron chi connectivity index (χ3n) is 3.48. The fraction of sp³-hybridized carbons (Fsp3) is 0.308. The van der Waals surface area contributed by atoms with E-state index in [2.05, 4.69) is 36.8 Å².